The van der Waals surface area contributed by atoms with Crippen LogP contribution in [0.15, 0.2) is 0 Å². The van der Waals surface area contributed by atoms with Crippen LogP contribution in [0.4, 0.5) is 4.79 Å². The van der Waals surface area contributed by atoms with Gasteiger partial charge in [0.1, 0.15) is 5.25 Å². The van der Waals surface area contributed by atoms with E-state index in [-0.39, 0.29) is 0 Å². The molecule has 0 saturated heterocycles. The van der Waals surface area contributed by atoms with Gasteiger partial charge in [-0.25, -0.2) is 4.79 Å². The molecule has 1 atom stereocenters. The lowest BCUT2D eigenvalue weighted by Gasteiger charge is -2.03. The van der Waals surface area contributed by atoms with Gasteiger partial charge in [-0.2, -0.15) is 0 Å². The van der Waals surface area contributed by atoms with E-state index in [1.807, 2.05) is 0 Å². The second-order valence-electron chi connectivity index (χ2n) is 2.67. The van der Waals surface area contributed by atoms with Crippen LogP contribution >= 0.6 is 33.6 Å². The molecule has 4 nitrogen and oxygen atoms in total. The molecule has 0 aliphatic heterocycles. The number of rotatable bonds is 7. The molecule has 88 valence electrons. The van der Waals surface area contributed by atoms with Gasteiger partial charge in [0, 0.05) is 16.5 Å². The van der Waals surface area contributed by atoms with Gasteiger partial charge in [0.2, 0.25) is 0 Å². The van der Waals surface area contributed by atoms with Crippen LogP contribution in [0.25, 0.3) is 0 Å². The van der Waals surface area contributed by atoms with E-state index in [1.54, 1.807) is 0 Å². The van der Waals surface area contributed by atoms with Crippen molar-refractivity contribution < 1.29 is 18.9 Å². The highest BCUT2D eigenvalue weighted by molar-refractivity contribution is 8.82. The lowest BCUT2D eigenvalue weighted by molar-refractivity contribution is -0.136. The summed E-state index contributed by atoms with van der Waals surface area (Å²) in [6.45, 7) is 3.58. The number of hydrogen-bond donors (Lipinski definition) is 1. The van der Waals surface area contributed by atoms with Crippen molar-refractivity contribution >= 4 is 44.9 Å². The maximum absolute atomic E-state index is 11.0. The second kappa shape index (κ2) is 9.23. The summed E-state index contributed by atoms with van der Waals surface area (Å²) in [5.41, 5.74) is 0. The summed E-state index contributed by atoms with van der Waals surface area (Å²) in [6.07, 6.45) is 2.06. The largest absolute Gasteiger partial charge is 0.480 e. The van der Waals surface area contributed by atoms with Gasteiger partial charge in [0.05, 0.1) is 12.0 Å². The number of unbranched alkanes of at least 4 members (excludes halogenated alkanes) is 1. The number of carboxylic acid groups (broad SMARTS) is 1. The number of aliphatic carboxylic acids is 1. The Bertz CT molecular complexity index is 210. The molecule has 0 fully saturated rings. The molecule has 0 aliphatic rings. The maximum Gasteiger partial charge on any atom is 0.390 e. The summed E-state index contributed by atoms with van der Waals surface area (Å²) >= 11 is 1.11. The Morgan fingerprint density at radius 2 is 2.13 bits per heavy atom. The van der Waals surface area contributed by atoms with Crippen molar-refractivity contribution in [2.24, 2.45) is 0 Å². The minimum absolute atomic E-state index is 0.450. The molecule has 0 saturated carbocycles. The Labute approximate surface area is 102 Å². The van der Waals surface area contributed by atoms with Gasteiger partial charge in [-0.05, 0) is 13.3 Å². The highest BCUT2D eigenvalue weighted by atomic mass is 33.1. The van der Waals surface area contributed by atoms with Crippen LogP contribution in [0.1, 0.15) is 26.7 Å². The lowest BCUT2D eigenvalue weighted by atomic mass is 10.4. The van der Waals surface area contributed by atoms with E-state index in [4.69, 9.17) is 9.29 Å². The monoisotopic (exact) mass is 270 g/mol. The number of carbonyl (C=O) groups excluding carboxylic acids is 1. The topological polar surface area (TPSA) is 63.6 Å². The van der Waals surface area contributed by atoms with Gasteiger partial charge >= 0.3 is 11.3 Å². The Morgan fingerprint density at radius 1 is 1.47 bits per heavy atom. The molecule has 1 unspecified atom stereocenters. The molecule has 1 N–H and O–H groups in total. The fourth-order valence-electron chi connectivity index (χ4n) is 0.460. The molecule has 15 heavy (non-hydrogen) atoms. The fraction of sp³-hybridized carbons (Fsp3) is 0.750. The molecule has 0 bridgehead atoms. The summed E-state index contributed by atoms with van der Waals surface area (Å²) in [5, 5.41) is 7.49. The third-order valence-corrected chi connectivity index (χ3v) is 4.52. The molecule has 0 aromatic carbocycles. The molecule has 0 aromatic rings. The highest BCUT2D eigenvalue weighted by Crippen LogP contribution is 2.30. The van der Waals surface area contributed by atoms with Crippen LogP contribution in [0, 0.1) is 0 Å². The zero-order chi connectivity index (χ0) is 11.7. The first-order chi connectivity index (χ1) is 7.07. The summed E-state index contributed by atoms with van der Waals surface area (Å²) in [6, 6.07) is 0. The van der Waals surface area contributed by atoms with E-state index in [0.717, 1.165) is 52.2 Å². The van der Waals surface area contributed by atoms with Crippen molar-refractivity contribution in [3.63, 3.8) is 0 Å². The Balaban J connectivity index is 3.45. The minimum Gasteiger partial charge on any atom is -0.480 e. The van der Waals surface area contributed by atoms with Crippen LogP contribution in [-0.4, -0.2) is 27.4 Å². The van der Waals surface area contributed by atoms with Gasteiger partial charge in [-0.15, -0.1) is 0 Å². The molecule has 0 amide bonds. The summed E-state index contributed by atoms with van der Waals surface area (Å²) in [5.74, 6) is -0.152. The average Bonchev–Trinajstić information content (AvgIpc) is 2.20. The zero-order valence-electron chi connectivity index (χ0n) is 8.60. The predicted molar refractivity (Wildman–Crippen MR) is 66.1 cm³/mol. The average molecular weight is 270 g/mol. The molecule has 0 aliphatic carbocycles. The molecule has 0 spiro atoms. The van der Waals surface area contributed by atoms with Crippen molar-refractivity contribution in [1.82, 2.24) is 0 Å². The van der Waals surface area contributed by atoms with Crippen molar-refractivity contribution in [3.8, 4) is 0 Å². The molecule has 0 rings (SSSR count). The second-order valence-corrected chi connectivity index (χ2v) is 5.96. The quantitative estimate of drug-likeness (QED) is 0.432. The van der Waals surface area contributed by atoms with Crippen LogP contribution in [0.3, 0.4) is 0 Å². The Kier molecular flexibility index (Phi) is 9.23. The van der Waals surface area contributed by atoms with Gasteiger partial charge in [0.15, 0.2) is 0 Å². The van der Waals surface area contributed by atoms with Crippen molar-refractivity contribution in [2.45, 2.75) is 31.9 Å². The molecule has 0 radical (unpaired) electrons. The third kappa shape index (κ3) is 8.95. The smallest absolute Gasteiger partial charge is 0.390 e. The van der Waals surface area contributed by atoms with E-state index < -0.39 is 16.5 Å². The van der Waals surface area contributed by atoms with Gasteiger partial charge in [-0.1, -0.05) is 24.1 Å². The molecular weight excluding hydrogens is 256 g/mol. The third-order valence-electron chi connectivity index (χ3n) is 1.32. The maximum atomic E-state index is 11.0. The fourth-order valence-corrected chi connectivity index (χ4v) is 2.77. The summed E-state index contributed by atoms with van der Waals surface area (Å²) in [7, 11) is 1.81. The van der Waals surface area contributed by atoms with Gasteiger partial charge in [0.25, 0.3) is 0 Å². The van der Waals surface area contributed by atoms with Gasteiger partial charge in [-0.3, -0.25) is 4.79 Å². The van der Waals surface area contributed by atoms with Crippen LogP contribution in [0.2, 0.25) is 0 Å². The molecule has 0 aromatic heterocycles. The Hall–Kier alpha value is -0.0100. The first-order valence-electron chi connectivity index (χ1n) is 4.47. The molecule has 7 heteroatoms. The minimum atomic E-state index is -0.932. The highest BCUT2D eigenvalue weighted by Gasteiger charge is 2.15. The summed E-state index contributed by atoms with van der Waals surface area (Å²) in [4.78, 5) is 21.5. The first kappa shape index (κ1) is 15.0. The molecule has 0 heterocycles. The predicted octanol–water partition coefficient (Wildman–Crippen LogP) is 3.43. The van der Waals surface area contributed by atoms with Gasteiger partial charge < -0.3 is 9.29 Å². The summed E-state index contributed by atoms with van der Waals surface area (Å²) < 4.78 is 4.80. The van der Waals surface area contributed by atoms with E-state index >= 15 is 0 Å². The van der Waals surface area contributed by atoms with Crippen molar-refractivity contribution in [3.05, 3.63) is 0 Å². The van der Waals surface area contributed by atoms with Crippen molar-refractivity contribution in [1.29, 1.82) is 0 Å². The SMILES string of the molecule is CCCCSOC(=O)SSC(C)C(=O)O. The van der Waals surface area contributed by atoms with Crippen molar-refractivity contribution in [2.75, 3.05) is 5.75 Å². The van der Waals surface area contributed by atoms with Crippen LogP contribution in [0.5, 0.6) is 0 Å². The number of hydrogen-bond acceptors (Lipinski definition) is 6. The Morgan fingerprint density at radius 3 is 2.67 bits per heavy atom. The van der Waals surface area contributed by atoms with E-state index in [2.05, 4.69) is 6.92 Å². The zero-order valence-corrected chi connectivity index (χ0v) is 11.0. The number of carboxylic acids is 1. The van der Waals surface area contributed by atoms with E-state index in [9.17, 15) is 9.59 Å². The number of carbonyl (C=O) groups is 2. The van der Waals surface area contributed by atoms with E-state index in [1.165, 1.54) is 6.92 Å². The lowest BCUT2D eigenvalue weighted by Crippen LogP contribution is -2.10. The molecular formula is C8H14O4S3. The van der Waals surface area contributed by atoms with Crippen LogP contribution in [-0.2, 0) is 8.98 Å². The van der Waals surface area contributed by atoms with Crippen LogP contribution < -0.4 is 0 Å². The standard InChI is InChI=1S/C8H14O4S3/c1-3-4-5-13-12-8(11)15-14-6(2)7(9)10/h6H,3-5H2,1-2H3,(H,9,10). The van der Waals surface area contributed by atoms with E-state index in [0.29, 0.717) is 0 Å². The first-order valence-corrected chi connectivity index (χ1v) is 7.59. The normalized spacial score (nSPS) is 12.1.